The van der Waals surface area contributed by atoms with Crippen molar-refractivity contribution in [1.82, 2.24) is 0 Å². The van der Waals surface area contributed by atoms with Gasteiger partial charge in [-0.3, -0.25) is 0 Å². The minimum absolute atomic E-state index is 0.0643. The molecular formula is C21H21F2N5O2S. The molecule has 0 heterocycles. The highest BCUT2D eigenvalue weighted by Crippen LogP contribution is 2.25. The SMILES string of the molecule is C=C(N=C(/C(F)=C\N)c1ccc(F)cc1OC)Nc1cccc(CS(C)(=O)=NC#N)c1. The summed E-state index contributed by atoms with van der Waals surface area (Å²) in [7, 11) is -1.37. The van der Waals surface area contributed by atoms with Gasteiger partial charge in [0.1, 0.15) is 23.1 Å². The molecule has 0 spiro atoms. The Balaban J connectivity index is 2.35. The second-order valence-electron chi connectivity index (χ2n) is 6.39. The van der Waals surface area contributed by atoms with Crippen molar-refractivity contribution in [2.24, 2.45) is 15.1 Å². The molecule has 0 aliphatic heterocycles. The van der Waals surface area contributed by atoms with E-state index in [2.05, 4.69) is 21.3 Å². The van der Waals surface area contributed by atoms with Crippen LogP contribution in [0.25, 0.3) is 0 Å². The molecule has 0 fully saturated rings. The third-order valence-electron chi connectivity index (χ3n) is 3.92. The maximum Gasteiger partial charge on any atom is 0.214 e. The fraction of sp³-hybridized carbons (Fsp3) is 0.143. The zero-order chi connectivity index (χ0) is 23.0. The number of anilines is 1. The number of hydrogen-bond donors (Lipinski definition) is 2. The first kappa shape index (κ1) is 23.6. The molecule has 2 aromatic carbocycles. The van der Waals surface area contributed by atoms with Gasteiger partial charge in [-0.2, -0.15) is 5.26 Å². The van der Waals surface area contributed by atoms with Crippen LogP contribution in [0.2, 0.25) is 0 Å². The number of nitriles is 1. The molecule has 0 saturated heterocycles. The lowest BCUT2D eigenvalue weighted by molar-refractivity contribution is 0.410. The lowest BCUT2D eigenvalue weighted by atomic mass is 10.1. The van der Waals surface area contributed by atoms with E-state index in [1.807, 2.05) is 0 Å². The van der Waals surface area contributed by atoms with Gasteiger partial charge in [-0.05, 0) is 29.8 Å². The minimum atomic E-state index is -2.69. The van der Waals surface area contributed by atoms with Gasteiger partial charge >= 0.3 is 0 Å². The Hall–Kier alpha value is -3.71. The molecule has 7 nitrogen and oxygen atoms in total. The molecule has 0 aromatic heterocycles. The summed E-state index contributed by atoms with van der Waals surface area (Å²) in [6, 6.07) is 10.4. The zero-order valence-electron chi connectivity index (χ0n) is 16.9. The van der Waals surface area contributed by atoms with Crippen LogP contribution in [-0.2, 0) is 15.5 Å². The van der Waals surface area contributed by atoms with Crippen LogP contribution in [0, 0.1) is 17.3 Å². The van der Waals surface area contributed by atoms with Gasteiger partial charge < -0.3 is 15.8 Å². The smallest absolute Gasteiger partial charge is 0.214 e. The first-order chi connectivity index (χ1) is 14.7. The molecular weight excluding hydrogens is 424 g/mol. The Morgan fingerprint density at radius 1 is 1.39 bits per heavy atom. The Morgan fingerprint density at radius 3 is 2.77 bits per heavy atom. The van der Waals surface area contributed by atoms with Gasteiger partial charge in [-0.15, -0.1) is 4.36 Å². The number of halogens is 2. The van der Waals surface area contributed by atoms with E-state index in [0.29, 0.717) is 11.3 Å². The highest BCUT2D eigenvalue weighted by Gasteiger charge is 2.16. The van der Waals surface area contributed by atoms with Crippen LogP contribution < -0.4 is 15.8 Å². The number of nitrogens with zero attached hydrogens (tertiary/aromatic N) is 3. The molecule has 2 aromatic rings. The van der Waals surface area contributed by atoms with E-state index in [9.17, 15) is 13.0 Å². The minimum Gasteiger partial charge on any atom is -0.496 e. The summed E-state index contributed by atoms with van der Waals surface area (Å²) in [5.74, 6) is -1.19. The molecule has 162 valence electrons. The Kier molecular flexibility index (Phi) is 7.88. The number of methoxy groups -OCH3 is 1. The van der Waals surface area contributed by atoms with Crippen LogP contribution in [0.5, 0.6) is 5.75 Å². The number of nitrogens with one attached hydrogen (secondary N) is 1. The average molecular weight is 445 g/mol. The lowest BCUT2D eigenvalue weighted by Crippen LogP contribution is -2.09. The number of hydrogen-bond acceptors (Lipinski definition) is 7. The fourth-order valence-electron chi connectivity index (χ4n) is 2.68. The largest absolute Gasteiger partial charge is 0.496 e. The van der Waals surface area contributed by atoms with E-state index in [1.165, 1.54) is 19.4 Å². The van der Waals surface area contributed by atoms with Gasteiger partial charge in [0.25, 0.3) is 0 Å². The van der Waals surface area contributed by atoms with Crippen LogP contribution in [0.4, 0.5) is 14.5 Å². The lowest BCUT2D eigenvalue weighted by Gasteiger charge is -2.12. The maximum atomic E-state index is 14.4. The Labute approximate surface area is 179 Å². The maximum absolute atomic E-state index is 14.4. The third-order valence-corrected chi connectivity index (χ3v) is 5.26. The quantitative estimate of drug-likeness (QED) is 0.470. The zero-order valence-corrected chi connectivity index (χ0v) is 17.7. The van der Waals surface area contributed by atoms with Gasteiger partial charge in [0, 0.05) is 29.8 Å². The van der Waals surface area contributed by atoms with Crippen molar-refractivity contribution in [1.29, 1.82) is 5.26 Å². The van der Waals surface area contributed by atoms with Crippen molar-refractivity contribution >= 4 is 21.1 Å². The molecule has 0 aliphatic rings. The van der Waals surface area contributed by atoms with Crippen molar-refractivity contribution in [2.45, 2.75) is 5.75 Å². The van der Waals surface area contributed by atoms with Gasteiger partial charge in [0.15, 0.2) is 5.83 Å². The number of benzene rings is 2. The predicted molar refractivity (Wildman–Crippen MR) is 118 cm³/mol. The Morgan fingerprint density at radius 2 is 2.13 bits per heavy atom. The van der Waals surface area contributed by atoms with Gasteiger partial charge in [-0.25, -0.2) is 18.0 Å². The molecule has 0 bridgehead atoms. The van der Waals surface area contributed by atoms with Crippen LogP contribution in [0.1, 0.15) is 11.1 Å². The molecule has 1 unspecified atom stereocenters. The van der Waals surface area contributed by atoms with E-state index in [1.54, 1.807) is 30.5 Å². The Bertz CT molecular complexity index is 1210. The highest BCUT2D eigenvalue weighted by molar-refractivity contribution is 7.92. The van der Waals surface area contributed by atoms with Crippen LogP contribution in [0.15, 0.2) is 76.2 Å². The van der Waals surface area contributed by atoms with Crippen LogP contribution in [0.3, 0.4) is 0 Å². The molecule has 0 saturated carbocycles. The van der Waals surface area contributed by atoms with Crippen molar-refractivity contribution in [2.75, 3.05) is 18.7 Å². The molecule has 0 radical (unpaired) electrons. The van der Waals surface area contributed by atoms with Crippen molar-refractivity contribution < 1.29 is 17.7 Å². The standard InChI is InChI=1S/C21H21F2N5O2S/c1-14(27-17-6-4-5-15(9-17)12-31(3,29)26-13-25)28-21(19(23)11-24)18-8-7-16(22)10-20(18)30-2/h4-11,27H,1,12,24H2,2-3H3/b19-11+,28-21?. The molecule has 2 rings (SSSR count). The predicted octanol–water partition coefficient (Wildman–Crippen LogP) is 4.06. The molecule has 0 aliphatic carbocycles. The summed E-state index contributed by atoms with van der Waals surface area (Å²) in [5, 5.41) is 11.5. The summed E-state index contributed by atoms with van der Waals surface area (Å²) in [4.78, 5) is 4.15. The number of aliphatic imine (C=N–C) groups is 1. The van der Waals surface area contributed by atoms with E-state index < -0.39 is 21.4 Å². The number of nitrogens with two attached hydrogens (primary N) is 1. The van der Waals surface area contributed by atoms with Crippen molar-refractivity contribution in [3.05, 3.63) is 83.8 Å². The van der Waals surface area contributed by atoms with Gasteiger partial charge in [0.05, 0.1) is 22.6 Å². The molecule has 31 heavy (non-hydrogen) atoms. The fourth-order valence-corrected chi connectivity index (χ4v) is 3.71. The normalized spacial score (nSPS) is 13.6. The summed E-state index contributed by atoms with van der Waals surface area (Å²) < 4.78 is 48.7. The molecule has 10 heteroatoms. The summed E-state index contributed by atoms with van der Waals surface area (Å²) in [6.45, 7) is 3.77. The summed E-state index contributed by atoms with van der Waals surface area (Å²) in [6.07, 6.45) is 3.68. The van der Waals surface area contributed by atoms with Crippen molar-refractivity contribution in [3.8, 4) is 11.9 Å². The van der Waals surface area contributed by atoms with Gasteiger partial charge in [-0.1, -0.05) is 18.7 Å². The number of allylic oxidation sites excluding steroid dienone is 1. The van der Waals surface area contributed by atoms with Crippen LogP contribution >= 0.6 is 0 Å². The van der Waals surface area contributed by atoms with E-state index in [4.69, 9.17) is 15.7 Å². The number of ether oxygens (including phenoxy) is 1. The van der Waals surface area contributed by atoms with Crippen LogP contribution in [-0.4, -0.2) is 23.3 Å². The summed E-state index contributed by atoms with van der Waals surface area (Å²) in [5.41, 5.74) is 6.52. The van der Waals surface area contributed by atoms with Gasteiger partial charge in [0.2, 0.25) is 6.19 Å². The second kappa shape index (κ2) is 10.4. The van der Waals surface area contributed by atoms with E-state index >= 15 is 0 Å². The molecule has 0 amide bonds. The topological polar surface area (TPSA) is 113 Å². The average Bonchev–Trinajstić information content (AvgIpc) is 2.71. The highest BCUT2D eigenvalue weighted by atomic mass is 32.2. The van der Waals surface area contributed by atoms with E-state index in [-0.39, 0.29) is 28.6 Å². The second-order valence-corrected chi connectivity index (χ2v) is 8.78. The number of rotatable bonds is 8. The first-order valence-corrected chi connectivity index (χ1v) is 10.9. The monoisotopic (exact) mass is 445 g/mol. The molecule has 1 atom stereocenters. The third kappa shape index (κ3) is 6.65. The summed E-state index contributed by atoms with van der Waals surface area (Å²) >= 11 is 0. The van der Waals surface area contributed by atoms with Crippen molar-refractivity contribution in [3.63, 3.8) is 0 Å². The first-order valence-electron chi connectivity index (χ1n) is 8.82. The molecule has 3 N–H and O–H groups in total. The van der Waals surface area contributed by atoms with E-state index in [0.717, 1.165) is 18.3 Å².